The summed E-state index contributed by atoms with van der Waals surface area (Å²) in [7, 11) is 0. The fourth-order valence-corrected chi connectivity index (χ4v) is 1.44. The third-order valence-electron chi connectivity index (χ3n) is 2.30. The average Bonchev–Trinajstić information content (AvgIpc) is 2.34. The molecule has 3 nitrogen and oxygen atoms in total. The molecule has 0 spiro atoms. The van der Waals surface area contributed by atoms with Crippen LogP contribution in [0.2, 0.25) is 0 Å². The van der Waals surface area contributed by atoms with Crippen LogP contribution in [-0.2, 0) is 0 Å². The van der Waals surface area contributed by atoms with Gasteiger partial charge in [0.05, 0.1) is 5.69 Å². The highest BCUT2D eigenvalue weighted by Crippen LogP contribution is 2.32. The first-order valence-electron chi connectivity index (χ1n) is 5.04. The lowest BCUT2D eigenvalue weighted by Gasteiger charge is -2.10. The van der Waals surface area contributed by atoms with Gasteiger partial charge in [-0.25, -0.2) is 8.78 Å². The van der Waals surface area contributed by atoms with Gasteiger partial charge in [0.15, 0.2) is 11.6 Å². The molecular weight excluding hydrogens is 238 g/mol. The van der Waals surface area contributed by atoms with Crippen molar-refractivity contribution in [2.75, 3.05) is 5.73 Å². The molecule has 2 aromatic rings. The second kappa shape index (κ2) is 4.72. The molecule has 0 amide bonds. The fourth-order valence-electron chi connectivity index (χ4n) is 1.44. The van der Waals surface area contributed by atoms with E-state index in [0.29, 0.717) is 0 Å². The number of anilines is 1. The predicted octanol–water partition coefficient (Wildman–Crippen LogP) is 3.21. The van der Waals surface area contributed by atoms with Crippen molar-refractivity contribution in [1.29, 1.82) is 5.26 Å². The van der Waals surface area contributed by atoms with Crippen molar-refractivity contribution >= 4 is 5.69 Å². The summed E-state index contributed by atoms with van der Waals surface area (Å²) in [5.74, 6) is -1.71. The van der Waals surface area contributed by atoms with Crippen LogP contribution in [0.15, 0.2) is 36.4 Å². The zero-order chi connectivity index (χ0) is 13.1. The summed E-state index contributed by atoms with van der Waals surface area (Å²) in [5.41, 5.74) is 5.34. The molecule has 0 aliphatic rings. The van der Waals surface area contributed by atoms with Crippen LogP contribution in [0, 0.1) is 23.0 Å². The summed E-state index contributed by atoms with van der Waals surface area (Å²) >= 11 is 0. The molecule has 0 atom stereocenters. The van der Waals surface area contributed by atoms with Crippen LogP contribution < -0.4 is 10.5 Å². The monoisotopic (exact) mass is 246 g/mol. The second-order valence-corrected chi connectivity index (χ2v) is 3.49. The third-order valence-corrected chi connectivity index (χ3v) is 2.30. The largest absolute Gasteiger partial charge is 0.451 e. The van der Waals surface area contributed by atoms with Gasteiger partial charge in [-0.1, -0.05) is 12.1 Å². The van der Waals surface area contributed by atoms with Crippen LogP contribution in [0.1, 0.15) is 5.56 Å². The van der Waals surface area contributed by atoms with Crippen molar-refractivity contribution in [3.8, 4) is 17.6 Å². The lowest BCUT2D eigenvalue weighted by Crippen LogP contribution is -1.97. The van der Waals surface area contributed by atoms with Gasteiger partial charge in [0.2, 0.25) is 0 Å². The molecule has 0 radical (unpaired) electrons. The molecule has 0 aliphatic carbocycles. The number of benzene rings is 2. The first kappa shape index (κ1) is 11.9. The van der Waals surface area contributed by atoms with Crippen molar-refractivity contribution in [3.63, 3.8) is 0 Å². The van der Waals surface area contributed by atoms with E-state index in [4.69, 9.17) is 15.7 Å². The summed E-state index contributed by atoms with van der Waals surface area (Å²) in [6, 6.07) is 9.55. The molecule has 90 valence electrons. The summed E-state index contributed by atoms with van der Waals surface area (Å²) in [6.07, 6.45) is 0. The van der Waals surface area contributed by atoms with Gasteiger partial charge in [0, 0.05) is 0 Å². The number of hydrogen-bond donors (Lipinski definition) is 1. The number of ether oxygens (including phenoxy) is 1. The molecule has 0 fully saturated rings. The number of rotatable bonds is 2. The Morgan fingerprint density at radius 3 is 2.39 bits per heavy atom. The average molecular weight is 246 g/mol. The minimum absolute atomic E-state index is 0.0724. The molecule has 0 saturated heterocycles. The lowest BCUT2D eigenvalue weighted by molar-refractivity contribution is 0.439. The standard InChI is InChI=1S/C13H8F2N2O/c14-9-3-2-6-12(8(9)7-16)18-13-10(15)4-1-5-11(13)17/h1-6H,17H2. The van der Waals surface area contributed by atoms with E-state index in [1.165, 1.54) is 24.3 Å². The molecule has 2 aromatic carbocycles. The van der Waals surface area contributed by atoms with Crippen molar-refractivity contribution in [3.05, 3.63) is 53.6 Å². The van der Waals surface area contributed by atoms with Crippen LogP contribution in [0.3, 0.4) is 0 Å². The first-order chi connectivity index (χ1) is 8.63. The number of nitriles is 1. The Kier molecular flexibility index (Phi) is 3.11. The van der Waals surface area contributed by atoms with Gasteiger partial charge in [0.25, 0.3) is 0 Å². The van der Waals surface area contributed by atoms with Crippen LogP contribution in [0.5, 0.6) is 11.5 Å². The van der Waals surface area contributed by atoms with E-state index < -0.39 is 11.6 Å². The van der Waals surface area contributed by atoms with E-state index in [9.17, 15) is 8.78 Å². The van der Waals surface area contributed by atoms with Crippen LogP contribution >= 0.6 is 0 Å². The quantitative estimate of drug-likeness (QED) is 0.827. The highest BCUT2D eigenvalue weighted by molar-refractivity contribution is 5.56. The molecule has 2 rings (SSSR count). The summed E-state index contributed by atoms with van der Waals surface area (Å²) in [6.45, 7) is 0. The molecule has 0 heterocycles. The topological polar surface area (TPSA) is 59.0 Å². The molecule has 0 aliphatic heterocycles. The highest BCUT2D eigenvalue weighted by atomic mass is 19.1. The van der Waals surface area contributed by atoms with E-state index in [1.54, 1.807) is 6.07 Å². The number of nitrogen functional groups attached to an aromatic ring is 1. The SMILES string of the molecule is N#Cc1c(F)cccc1Oc1c(N)cccc1F. The maximum absolute atomic E-state index is 13.5. The Bertz CT molecular complexity index is 615. The number of hydrogen-bond acceptors (Lipinski definition) is 3. The predicted molar refractivity (Wildman–Crippen MR) is 62.0 cm³/mol. The molecular formula is C13H8F2N2O. The molecule has 18 heavy (non-hydrogen) atoms. The minimum Gasteiger partial charge on any atom is -0.451 e. The third kappa shape index (κ3) is 2.09. The molecule has 0 unspecified atom stereocenters. The van der Waals surface area contributed by atoms with Crippen LogP contribution in [0.4, 0.5) is 14.5 Å². The normalized spacial score (nSPS) is 9.83. The smallest absolute Gasteiger partial charge is 0.185 e. The highest BCUT2D eigenvalue weighted by Gasteiger charge is 2.13. The van der Waals surface area contributed by atoms with E-state index in [0.717, 1.165) is 12.1 Å². The summed E-state index contributed by atoms with van der Waals surface area (Å²) in [4.78, 5) is 0. The Labute approximate surface area is 102 Å². The number of nitrogens with two attached hydrogens (primary N) is 1. The Hall–Kier alpha value is -2.61. The maximum Gasteiger partial charge on any atom is 0.185 e. The van der Waals surface area contributed by atoms with Crippen molar-refractivity contribution in [1.82, 2.24) is 0 Å². The van der Waals surface area contributed by atoms with E-state index in [1.807, 2.05) is 0 Å². The second-order valence-electron chi connectivity index (χ2n) is 3.49. The lowest BCUT2D eigenvalue weighted by atomic mass is 10.2. The van der Waals surface area contributed by atoms with Gasteiger partial charge in [-0.3, -0.25) is 0 Å². The van der Waals surface area contributed by atoms with Crippen LogP contribution in [-0.4, -0.2) is 0 Å². The van der Waals surface area contributed by atoms with E-state index in [-0.39, 0.29) is 22.7 Å². The van der Waals surface area contributed by atoms with Gasteiger partial charge in [-0.05, 0) is 24.3 Å². The molecule has 0 saturated carbocycles. The number of nitrogens with zero attached hydrogens (tertiary/aromatic N) is 1. The molecule has 2 N–H and O–H groups in total. The van der Waals surface area contributed by atoms with Gasteiger partial charge in [-0.2, -0.15) is 5.26 Å². The number of para-hydroxylation sites is 1. The van der Waals surface area contributed by atoms with Crippen molar-refractivity contribution in [2.24, 2.45) is 0 Å². The zero-order valence-corrected chi connectivity index (χ0v) is 9.15. The molecule has 0 aromatic heterocycles. The Balaban J connectivity index is 2.48. The van der Waals surface area contributed by atoms with E-state index in [2.05, 4.69) is 0 Å². The van der Waals surface area contributed by atoms with Crippen molar-refractivity contribution in [2.45, 2.75) is 0 Å². The number of halogens is 2. The zero-order valence-electron chi connectivity index (χ0n) is 9.15. The Morgan fingerprint density at radius 1 is 1.06 bits per heavy atom. The van der Waals surface area contributed by atoms with Gasteiger partial charge >= 0.3 is 0 Å². The summed E-state index contributed by atoms with van der Waals surface area (Å²) < 4.78 is 32.0. The maximum atomic E-state index is 13.5. The van der Waals surface area contributed by atoms with Gasteiger partial charge < -0.3 is 10.5 Å². The van der Waals surface area contributed by atoms with Gasteiger partial charge in [0.1, 0.15) is 23.2 Å². The van der Waals surface area contributed by atoms with Crippen LogP contribution in [0.25, 0.3) is 0 Å². The minimum atomic E-state index is -0.732. The Morgan fingerprint density at radius 2 is 1.72 bits per heavy atom. The van der Waals surface area contributed by atoms with Crippen molar-refractivity contribution < 1.29 is 13.5 Å². The van der Waals surface area contributed by atoms with E-state index >= 15 is 0 Å². The molecule has 5 heteroatoms. The molecule has 0 bridgehead atoms. The first-order valence-corrected chi connectivity index (χ1v) is 5.04. The fraction of sp³-hybridized carbons (Fsp3) is 0. The summed E-state index contributed by atoms with van der Waals surface area (Å²) in [5, 5.41) is 8.82. The van der Waals surface area contributed by atoms with Gasteiger partial charge in [-0.15, -0.1) is 0 Å².